The molecule has 0 bridgehead atoms. The molecule has 2 aromatic carbocycles. The number of para-hydroxylation sites is 1. The minimum absolute atomic E-state index is 0.00226. The van der Waals surface area contributed by atoms with Gasteiger partial charge in [-0.25, -0.2) is 0 Å². The number of hydrogen-bond acceptors (Lipinski definition) is 6. The van der Waals surface area contributed by atoms with E-state index in [0.717, 1.165) is 5.56 Å². The van der Waals surface area contributed by atoms with E-state index in [4.69, 9.17) is 0 Å². The number of aryl methyl sites for hydroxylation is 1. The molecule has 2 heterocycles. The standard InChI is InChI=1S/C19H14N6O3/c1-12-21-22-18-10-9-16(23-24(12)18)13-5-4-6-14(11-13)20-19(26)15-7-2-3-8-17(15)25(27)28/h2-11H,1H3,(H,20,26). The number of benzene rings is 2. The zero-order valence-electron chi connectivity index (χ0n) is 14.7. The maximum absolute atomic E-state index is 12.5. The van der Waals surface area contributed by atoms with Crippen molar-refractivity contribution >= 4 is 22.9 Å². The Bertz CT molecular complexity index is 1220. The number of nitrogens with zero attached hydrogens (tertiary/aromatic N) is 5. The number of amides is 1. The summed E-state index contributed by atoms with van der Waals surface area (Å²) in [5.74, 6) is 0.111. The van der Waals surface area contributed by atoms with Crippen molar-refractivity contribution in [3.63, 3.8) is 0 Å². The van der Waals surface area contributed by atoms with Crippen molar-refractivity contribution in [2.45, 2.75) is 6.92 Å². The van der Waals surface area contributed by atoms with E-state index in [9.17, 15) is 14.9 Å². The lowest BCUT2D eigenvalue weighted by molar-refractivity contribution is -0.385. The number of fused-ring (bicyclic) bond motifs is 1. The fourth-order valence-corrected chi connectivity index (χ4v) is 2.83. The van der Waals surface area contributed by atoms with Crippen molar-refractivity contribution in [2.24, 2.45) is 0 Å². The molecule has 4 rings (SSSR count). The van der Waals surface area contributed by atoms with E-state index in [2.05, 4.69) is 20.6 Å². The highest BCUT2D eigenvalue weighted by Crippen LogP contribution is 2.23. The van der Waals surface area contributed by atoms with Gasteiger partial charge in [0.2, 0.25) is 0 Å². The number of carbonyl (C=O) groups is 1. The monoisotopic (exact) mass is 374 g/mol. The van der Waals surface area contributed by atoms with E-state index < -0.39 is 10.8 Å². The van der Waals surface area contributed by atoms with E-state index in [1.807, 2.05) is 12.1 Å². The molecule has 0 atom stereocenters. The summed E-state index contributed by atoms with van der Waals surface area (Å²) in [6, 6.07) is 16.5. The van der Waals surface area contributed by atoms with Crippen LogP contribution < -0.4 is 5.32 Å². The summed E-state index contributed by atoms with van der Waals surface area (Å²) in [5.41, 5.74) is 2.35. The Balaban J connectivity index is 1.64. The lowest BCUT2D eigenvalue weighted by Gasteiger charge is -2.08. The normalized spacial score (nSPS) is 10.8. The second-order valence-electron chi connectivity index (χ2n) is 6.04. The largest absolute Gasteiger partial charge is 0.322 e. The minimum atomic E-state index is -0.577. The van der Waals surface area contributed by atoms with Crippen LogP contribution in [-0.2, 0) is 0 Å². The molecule has 0 fully saturated rings. The Morgan fingerprint density at radius 2 is 1.89 bits per heavy atom. The third kappa shape index (κ3) is 3.16. The van der Waals surface area contributed by atoms with Crippen LogP contribution >= 0.6 is 0 Å². The summed E-state index contributed by atoms with van der Waals surface area (Å²) in [5, 5.41) is 26.3. The topological polar surface area (TPSA) is 115 Å². The zero-order chi connectivity index (χ0) is 19.7. The molecule has 4 aromatic rings. The molecule has 9 heteroatoms. The SMILES string of the molecule is Cc1nnc2ccc(-c3cccc(NC(=O)c4ccccc4[N+](=O)[O-])c3)nn12. The van der Waals surface area contributed by atoms with Crippen molar-refractivity contribution in [3.8, 4) is 11.3 Å². The molecule has 0 unspecified atom stereocenters. The van der Waals surface area contributed by atoms with Gasteiger partial charge in [0.15, 0.2) is 11.5 Å². The minimum Gasteiger partial charge on any atom is -0.322 e. The first-order chi connectivity index (χ1) is 13.5. The molecule has 138 valence electrons. The molecule has 9 nitrogen and oxygen atoms in total. The Labute approximate surface area is 158 Å². The van der Waals surface area contributed by atoms with E-state index >= 15 is 0 Å². The lowest BCUT2D eigenvalue weighted by Crippen LogP contribution is -2.13. The predicted octanol–water partition coefficient (Wildman–Crippen LogP) is 3.26. The van der Waals surface area contributed by atoms with Crippen molar-refractivity contribution in [2.75, 3.05) is 5.32 Å². The van der Waals surface area contributed by atoms with Crippen molar-refractivity contribution in [1.82, 2.24) is 19.8 Å². The van der Waals surface area contributed by atoms with Gasteiger partial charge in [-0.1, -0.05) is 24.3 Å². The molecule has 1 N–H and O–H groups in total. The van der Waals surface area contributed by atoms with Crippen LogP contribution in [0.4, 0.5) is 11.4 Å². The average Bonchev–Trinajstić information content (AvgIpc) is 3.08. The second-order valence-corrected chi connectivity index (χ2v) is 6.04. The third-order valence-electron chi connectivity index (χ3n) is 4.18. The van der Waals surface area contributed by atoms with Crippen LogP contribution in [-0.4, -0.2) is 30.6 Å². The molecule has 28 heavy (non-hydrogen) atoms. The van der Waals surface area contributed by atoms with E-state index in [0.29, 0.717) is 22.9 Å². The fourth-order valence-electron chi connectivity index (χ4n) is 2.83. The Morgan fingerprint density at radius 1 is 1.07 bits per heavy atom. The molecule has 0 aliphatic heterocycles. The predicted molar refractivity (Wildman–Crippen MR) is 102 cm³/mol. The molecule has 1 amide bonds. The van der Waals surface area contributed by atoms with Crippen molar-refractivity contribution in [1.29, 1.82) is 0 Å². The quantitative estimate of drug-likeness (QED) is 0.433. The highest BCUT2D eigenvalue weighted by molar-refractivity contribution is 6.07. The van der Waals surface area contributed by atoms with Crippen molar-refractivity contribution < 1.29 is 9.72 Å². The molecular formula is C19H14N6O3. The number of hydrogen-bond donors (Lipinski definition) is 1. The van der Waals surface area contributed by atoms with Gasteiger partial charge in [0.1, 0.15) is 5.56 Å². The van der Waals surface area contributed by atoms with Crippen LogP contribution in [0.1, 0.15) is 16.2 Å². The summed E-state index contributed by atoms with van der Waals surface area (Å²) >= 11 is 0. The van der Waals surface area contributed by atoms with Gasteiger partial charge >= 0.3 is 0 Å². The Hall–Kier alpha value is -4.14. The zero-order valence-corrected chi connectivity index (χ0v) is 14.7. The number of aromatic nitrogens is 4. The van der Waals surface area contributed by atoms with E-state index in [1.165, 1.54) is 18.2 Å². The maximum atomic E-state index is 12.5. The van der Waals surface area contributed by atoms with Crippen LogP contribution in [0.25, 0.3) is 16.9 Å². The van der Waals surface area contributed by atoms with Crippen LogP contribution in [0, 0.1) is 17.0 Å². The number of nitrogens with one attached hydrogen (secondary N) is 1. The first-order valence-electron chi connectivity index (χ1n) is 8.37. The van der Waals surface area contributed by atoms with Gasteiger partial charge in [0, 0.05) is 17.3 Å². The van der Waals surface area contributed by atoms with Gasteiger partial charge in [0.25, 0.3) is 11.6 Å². The summed E-state index contributed by atoms with van der Waals surface area (Å²) in [4.78, 5) is 23.1. The van der Waals surface area contributed by atoms with Gasteiger partial charge in [-0.2, -0.15) is 9.61 Å². The molecule has 0 saturated carbocycles. The number of anilines is 1. The van der Waals surface area contributed by atoms with E-state index in [1.54, 1.807) is 41.8 Å². The summed E-state index contributed by atoms with van der Waals surface area (Å²) in [6.07, 6.45) is 0. The van der Waals surface area contributed by atoms with Crippen LogP contribution in [0.2, 0.25) is 0 Å². The molecular weight excluding hydrogens is 360 g/mol. The third-order valence-corrected chi connectivity index (χ3v) is 4.18. The maximum Gasteiger partial charge on any atom is 0.282 e. The Morgan fingerprint density at radius 3 is 2.71 bits per heavy atom. The first kappa shape index (κ1) is 17.3. The van der Waals surface area contributed by atoms with Crippen LogP contribution in [0.15, 0.2) is 60.7 Å². The highest BCUT2D eigenvalue weighted by atomic mass is 16.6. The highest BCUT2D eigenvalue weighted by Gasteiger charge is 2.19. The van der Waals surface area contributed by atoms with Crippen molar-refractivity contribution in [3.05, 3.63) is 82.2 Å². The molecule has 0 spiro atoms. The average molecular weight is 374 g/mol. The second kappa shape index (κ2) is 6.88. The smallest absolute Gasteiger partial charge is 0.282 e. The molecule has 2 aromatic heterocycles. The number of nitro benzene ring substituents is 1. The molecule has 0 radical (unpaired) electrons. The van der Waals surface area contributed by atoms with Gasteiger partial charge in [-0.05, 0) is 37.3 Å². The van der Waals surface area contributed by atoms with Gasteiger partial charge in [-0.15, -0.1) is 10.2 Å². The lowest BCUT2D eigenvalue weighted by atomic mass is 10.1. The first-order valence-corrected chi connectivity index (χ1v) is 8.37. The molecule has 0 aliphatic carbocycles. The fraction of sp³-hybridized carbons (Fsp3) is 0.0526. The van der Waals surface area contributed by atoms with E-state index in [-0.39, 0.29) is 11.3 Å². The van der Waals surface area contributed by atoms with Gasteiger partial charge in [0.05, 0.1) is 10.6 Å². The van der Waals surface area contributed by atoms with Crippen LogP contribution in [0.5, 0.6) is 0 Å². The number of nitro groups is 1. The summed E-state index contributed by atoms with van der Waals surface area (Å²) in [7, 11) is 0. The summed E-state index contributed by atoms with van der Waals surface area (Å²) < 4.78 is 1.63. The molecule has 0 aliphatic rings. The van der Waals surface area contributed by atoms with Gasteiger partial charge in [-0.3, -0.25) is 14.9 Å². The number of rotatable bonds is 4. The Kier molecular flexibility index (Phi) is 4.24. The molecule has 0 saturated heterocycles. The van der Waals surface area contributed by atoms with Crippen LogP contribution in [0.3, 0.4) is 0 Å². The summed E-state index contributed by atoms with van der Waals surface area (Å²) in [6.45, 7) is 1.81. The van der Waals surface area contributed by atoms with Gasteiger partial charge < -0.3 is 5.32 Å². The number of carbonyl (C=O) groups excluding carboxylic acids is 1.